The molecule has 4 heteroatoms. The van der Waals surface area contributed by atoms with Crippen molar-refractivity contribution in [1.29, 1.82) is 0 Å². The minimum Gasteiger partial charge on any atom is -0.370 e. The SMILES string of the molecule is CCC(C)(CC(C)(C)N)N1C(=O)C=CC1O. The van der Waals surface area contributed by atoms with Crippen LogP contribution in [-0.4, -0.2) is 33.2 Å². The number of hydrogen-bond donors (Lipinski definition) is 2. The number of hydrogen-bond acceptors (Lipinski definition) is 3. The number of carbonyl (C=O) groups is 1. The van der Waals surface area contributed by atoms with Crippen LogP contribution in [0.25, 0.3) is 0 Å². The molecule has 1 aliphatic rings. The van der Waals surface area contributed by atoms with Crippen LogP contribution in [-0.2, 0) is 4.79 Å². The summed E-state index contributed by atoms with van der Waals surface area (Å²) in [5, 5.41) is 9.80. The summed E-state index contributed by atoms with van der Waals surface area (Å²) < 4.78 is 0. The summed E-state index contributed by atoms with van der Waals surface area (Å²) >= 11 is 0. The van der Waals surface area contributed by atoms with Crippen molar-refractivity contribution in [3.8, 4) is 0 Å². The predicted molar refractivity (Wildman–Crippen MR) is 63.6 cm³/mol. The van der Waals surface area contributed by atoms with Crippen LogP contribution in [0.15, 0.2) is 12.2 Å². The number of aliphatic hydroxyl groups is 1. The van der Waals surface area contributed by atoms with E-state index in [1.54, 1.807) is 0 Å². The normalized spacial score (nSPS) is 25.0. The Kier molecular flexibility index (Phi) is 3.45. The molecule has 0 aromatic rings. The van der Waals surface area contributed by atoms with Crippen LogP contribution in [0.4, 0.5) is 0 Å². The van der Waals surface area contributed by atoms with Crippen molar-refractivity contribution in [3.63, 3.8) is 0 Å². The summed E-state index contributed by atoms with van der Waals surface area (Å²) in [5.74, 6) is -0.138. The van der Waals surface area contributed by atoms with Crippen LogP contribution in [0.3, 0.4) is 0 Å². The maximum Gasteiger partial charge on any atom is 0.249 e. The average Bonchev–Trinajstić information content (AvgIpc) is 2.43. The molecule has 2 unspecified atom stereocenters. The van der Waals surface area contributed by atoms with Crippen LogP contribution in [0, 0.1) is 0 Å². The maximum atomic E-state index is 11.7. The van der Waals surface area contributed by atoms with Gasteiger partial charge >= 0.3 is 0 Å². The molecule has 3 N–H and O–H groups in total. The number of carbonyl (C=O) groups excluding carboxylic acids is 1. The fraction of sp³-hybridized carbons (Fsp3) is 0.750. The highest BCUT2D eigenvalue weighted by Crippen LogP contribution is 2.32. The smallest absolute Gasteiger partial charge is 0.249 e. The maximum absolute atomic E-state index is 11.7. The molecule has 0 radical (unpaired) electrons. The van der Waals surface area contributed by atoms with E-state index in [0.717, 1.165) is 6.42 Å². The molecule has 2 atom stereocenters. The lowest BCUT2D eigenvalue weighted by atomic mass is 9.83. The highest BCUT2D eigenvalue weighted by atomic mass is 16.3. The minimum atomic E-state index is -0.820. The Morgan fingerprint density at radius 1 is 1.50 bits per heavy atom. The Morgan fingerprint density at radius 3 is 2.38 bits per heavy atom. The molecule has 92 valence electrons. The van der Waals surface area contributed by atoms with E-state index in [1.165, 1.54) is 17.1 Å². The van der Waals surface area contributed by atoms with E-state index in [-0.39, 0.29) is 11.4 Å². The van der Waals surface area contributed by atoms with Crippen molar-refractivity contribution in [3.05, 3.63) is 12.2 Å². The first-order valence-corrected chi connectivity index (χ1v) is 5.68. The number of aliphatic hydroxyl groups excluding tert-OH is 1. The van der Waals surface area contributed by atoms with Crippen molar-refractivity contribution in [1.82, 2.24) is 4.90 Å². The predicted octanol–water partition coefficient (Wildman–Crippen LogP) is 0.999. The molecule has 4 nitrogen and oxygen atoms in total. The van der Waals surface area contributed by atoms with E-state index in [0.29, 0.717) is 6.42 Å². The highest BCUT2D eigenvalue weighted by Gasteiger charge is 2.41. The van der Waals surface area contributed by atoms with Crippen molar-refractivity contribution in [2.75, 3.05) is 0 Å². The van der Waals surface area contributed by atoms with Crippen molar-refractivity contribution >= 4 is 5.91 Å². The number of rotatable bonds is 4. The summed E-state index contributed by atoms with van der Waals surface area (Å²) in [6.45, 7) is 7.84. The number of amides is 1. The second-order valence-corrected chi connectivity index (χ2v) is 5.50. The lowest BCUT2D eigenvalue weighted by Crippen LogP contribution is -2.55. The minimum absolute atomic E-state index is 0.138. The van der Waals surface area contributed by atoms with E-state index in [9.17, 15) is 9.90 Å². The molecule has 1 amide bonds. The highest BCUT2D eigenvalue weighted by molar-refractivity contribution is 5.91. The molecule has 0 fully saturated rings. The van der Waals surface area contributed by atoms with E-state index >= 15 is 0 Å². The van der Waals surface area contributed by atoms with Gasteiger partial charge in [0.25, 0.3) is 0 Å². The van der Waals surface area contributed by atoms with Crippen molar-refractivity contribution < 1.29 is 9.90 Å². The summed E-state index contributed by atoms with van der Waals surface area (Å²) in [6, 6.07) is 0. The van der Waals surface area contributed by atoms with Crippen LogP contribution in [0.5, 0.6) is 0 Å². The molecule has 16 heavy (non-hydrogen) atoms. The lowest BCUT2D eigenvalue weighted by molar-refractivity contribution is -0.141. The topological polar surface area (TPSA) is 66.6 Å². The number of nitrogens with two attached hydrogens (primary N) is 1. The summed E-state index contributed by atoms with van der Waals surface area (Å²) in [6.07, 6.45) is 3.53. The van der Waals surface area contributed by atoms with E-state index in [2.05, 4.69) is 0 Å². The van der Waals surface area contributed by atoms with Crippen molar-refractivity contribution in [2.45, 2.75) is 57.8 Å². The monoisotopic (exact) mass is 226 g/mol. The van der Waals surface area contributed by atoms with Gasteiger partial charge < -0.3 is 15.7 Å². The third kappa shape index (κ3) is 2.62. The molecule has 1 heterocycles. The van der Waals surface area contributed by atoms with Crippen molar-refractivity contribution in [2.24, 2.45) is 5.73 Å². The fourth-order valence-electron chi connectivity index (χ4n) is 2.41. The Labute approximate surface area is 97.1 Å². The Morgan fingerprint density at radius 2 is 2.06 bits per heavy atom. The first-order valence-electron chi connectivity index (χ1n) is 5.68. The summed E-state index contributed by atoms with van der Waals surface area (Å²) in [7, 11) is 0. The van der Waals surface area contributed by atoms with Crippen LogP contribution < -0.4 is 5.73 Å². The summed E-state index contributed by atoms with van der Waals surface area (Å²) in [5.41, 5.74) is 5.24. The quantitative estimate of drug-likeness (QED) is 0.751. The zero-order valence-corrected chi connectivity index (χ0v) is 10.5. The Hall–Kier alpha value is -0.870. The lowest BCUT2D eigenvalue weighted by Gasteiger charge is -2.43. The Balaban J connectivity index is 2.92. The van der Waals surface area contributed by atoms with Gasteiger partial charge in [0, 0.05) is 17.2 Å². The third-order valence-electron chi connectivity index (χ3n) is 3.09. The number of nitrogens with zero attached hydrogens (tertiary/aromatic N) is 1. The van der Waals surface area contributed by atoms with Crippen LogP contribution in [0.2, 0.25) is 0 Å². The summed E-state index contributed by atoms with van der Waals surface area (Å²) in [4.78, 5) is 13.2. The second-order valence-electron chi connectivity index (χ2n) is 5.50. The van der Waals surface area contributed by atoms with Gasteiger partial charge in [0.1, 0.15) is 6.23 Å². The molecule has 0 spiro atoms. The Bertz CT molecular complexity index is 307. The van der Waals surface area contributed by atoms with E-state index < -0.39 is 11.8 Å². The van der Waals surface area contributed by atoms with E-state index in [4.69, 9.17) is 5.73 Å². The van der Waals surface area contributed by atoms with Gasteiger partial charge in [-0.3, -0.25) is 4.79 Å². The third-order valence-corrected chi connectivity index (χ3v) is 3.09. The van der Waals surface area contributed by atoms with Crippen LogP contribution >= 0.6 is 0 Å². The molecule has 0 aliphatic carbocycles. The van der Waals surface area contributed by atoms with Gasteiger partial charge in [-0.05, 0) is 39.7 Å². The molecule has 0 aromatic carbocycles. The first kappa shape index (κ1) is 13.2. The van der Waals surface area contributed by atoms with Gasteiger partial charge in [0.2, 0.25) is 5.91 Å². The average molecular weight is 226 g/mol. The van der Waals surface area contributed by atoms with Gasteiger partial charge in [-0.15, -0.1) is 0 Å². The zero-order chi connectivity index (χ0) is 12.6. The fourth-order valence-corrected chi connectivity index (χ4v) is 2.41. The van der Waals surface area contributed by atoms with Gasteiger partial charge in [0.15, 0.2) is 0 Å². The van der Waals surface area contributed by atoms with E-state index in [1.807, 2.05) is 27.7 Å². The second kappa shape index (κ2) is 4.18. The molecule has 0 saturated carbocycles. The molecular weight excluding hydrogens is 204 g/mol. The van der Waals surface area contributed by atoms with Gasteiger partial charge in [-0.25, -0.2) is 0 Å². The molecule has 0 aromatic heterocycles. The standard InChI is InChI=1S/C12H22N2O2/c1-5-12(4,8-11(2,3)13)14-9(15)6-7-10(14)16/h6-7,9,15H,5,8,13H2,1-4H3. The van der Waals surface area contributed by atoms with Crippen LogP contribution in [0.1, 0.15) is 40.5 Å². The van der Waals surface area contributed by atoms with Gasteiger partial charge in [-0.1, -0.05) is 6.92 Å². The zero-order valence-electron chi connectivity index (χ0n) is 10.5. The van der Waals surface area contributed by atoms with Gasteiger partial charge in [0.05, 0.1) is 0 Å². The molecule has 0 bridgehead atoms. The van der Waals surface area contributed by atoms with Gasteiger partial charge in [-0.2, -0.15) is 0 Å². The molecule has 0 saturated heterocycles. The largest absolute Gasteiger partial charge is 0.370 e. The molecule has 1 aliphatic heterocycles. The molecule has 1 rings (SSSR count). The first-order chi connectivity index (χ1) is 7.19. The molecular formula is C12H22N2O2.